The summed E-state index contributed by atoms with van der Waals surface area (Å²) in [5, 5.41) is 8.90. The zero-order valence-electron chi connectivity index (χ0n) is 16.8. The number of nitrogens with zero attached hydrogens (tertiary/aromatic N) is 4. The van der Waals surface area contributed by atoms with Crippen molar-refractivity contribution in [2.45, 2.75) is 57.7 Å². The Bertz CT molecular complexity index is 664. The molecule has 1 unspecified atom stereocenters. The van der Waals surface area contributed by atoms with Crippen molar-refractivity contribution < 1.29 is 39.7 Å². The van der Waals surface area contributed by atoms with E-state index in [9.17, 15) is 9.59 Å². The summed E-state index contributed by atoms with van der Waals surface area (Å²) >= 11 is 0. The fraction of sp³-hybridized carbons (Fsp3) is 0.647. The van der Waals surface area contributed by atoms with E-state index in [4.69, 9.17) is 9.84 Å². The van der Waals surface area contributed by atoms with Gasteiger partial charge in [0.2, 0.25) is 0 Å². The van der Waals surface area contributed by atoms with E-state index in [1.165, 1.54) is 12.4 Å². The molecule has 0 radical (unpaired) electrons. The van der Waals surface area contributed by atoms with Crippen molar-refractivity contribution in [3.05, 3.63) is 18.1 Å². The van der Waals surface area contributed by atoms with Gasteiger partial charge in [-0.05, 0) is 40.0 Å². The minimum Gasteiger partial charge on any atom is -1.00 e. The average Bonchev–Trinajstić information content (AvgIpc) is 3.22. The average molecular weight is 356 g/mol. The molecular weight excluding hydrogens is 331 g/mol. The van der Waals surface area contributed by atoms with Crippen LogP contribution in [0.3, 0.4) is 0 Å². The van der Waals surface area contributed by atoms with Gasteiger partial charge in [0, 0.05) is 19.1 Å². The molecule has 1 N–H and O–H groups in total. The molecule has 0 aromatic carbocycles. The van der Waals surface area contributed by atoms with E-state index < -0.39 is 11.6 Å². The number of carbonyl (C=O) groups excluding carboxylic acids is 1. The van der Waals surface area contributed by atoms with Crippen molar-refractivity contribution in [2.75, 3.05) is 18.0 Å². The van der Waals surface area contributed by atoms with Crippen LogP contribution in [-0.4, -0.2) is 62.8 Å². The summed E-state index contributed by atoms with van der Waals surface area (Å²) in [5.41, 5.74) is -0.589. The monoisotopic (exact) mass is 356 g/mol. The first-order chi connectivity index (χ1) is 11.7. The summed E-state index contributed by atoms with van der Waals surface area (Å²) in [6.07, 6.45) is 5.34. The zero-order valence-corrected chi connectivity index (χ0v) is 15.8. The second-order valence-corrected chi connectivity index (χ2v) is 7.57. The molecule has 2 aliphatic rings. The molecule has 1 aromatic rings. The van der Waals surface area contributed by atoms with E-state index in [-0.39, 0.29) is 44.2 Å². The molecule has 9 heteroatoms. The summed E-state index contributed by atoms with van der Waals surface area (Å²) in [6, 6.07) is 0.337. The quantitative estimate of drug-likeness (QED) is 0.711. The van der Waals surface area contributed by atoms with Crippen LogP contribution in [0.1, 0.15) is 51.9 Å². The van der Waals surface area contributed by atoms with Crippen molar-refractivity contribution in [1.29, 1.82) is 0 Å². The van der Waals surface area contributed by atoms with Crippen molar-refractivity contribution >= 4 is 17.9 Å². The topological polar surface area (TPSA) is 95.9 Å². The van der Waals surface area contributed by atoms with Crippen molar-refractivity contribution in [3.8, 4) is 0 Å². The van der Waals surface area contributed by atoms with Crippen LogP contribution < -0.4 is 23.8 Å². The summed E-state index contributed by atoms with van der Waals surface area (Å²) in [7, 11) is 0. The van der Waals surface area contributed by atoms with E-state index in [1.807, 2.05) is 30.6 Å². The molecule has 1 amide bonds. The Morgan fingerprint density at radius 2 is 1.92 bits per heavy atom. The molecule has 1 saturated carbocycles. The molecule has 3 rings (SSSR count). The predicted octanol–water partition coefficient (Wildman–Crippen LogP) is -0.730. The largest absolute Gasteiger partial charge is 1.00 e. The van der Waals surface area contributed by atoms with Crippen LogP contribution in [0.4, 0.5) is 10.6 Å². The van der Waals surface area contributed by atoms with Gasteiger partial charge in [-0.25, -0.2) is 19.6 Å². The van der Waals surface area contributed by atoms with Gasteiger partial charge in [0.05, 0.1) is 18.4 Å². The van der Waals surface area contributed by atoms with Gasteiger partial charge < -0.3 is 21.1 Å². The van der Waals surface area contributed by atoms with Crippen LogP contribution in [0, 0.1) is 0 Å². The van der Waals surface area contributed by atoms with Gasteiger partial charge in [0.15, 0.2) is 5.69 Å². The maximum absolute atomic E-state index is 12.6. The van der Waals surface area contributed by atoms with Crippen molar-refractivity contribution in [2.24, 2.45) is 0 Å². The van der Waals surface area contributed by atoms with Gasteiger partial charge in [-0.1, -0.05) is 0 Å². The van der Waals surface area contributed by atoms with Crippen LogP contribution in [0.15, 0.2) is 12.4 Å². The number of amides is 1. The van der Waals surface area contributed by atoms with Gasteiger partial charge in [-0.3, -0.25) is 0 Å². The fourth-order valence-corrected chi connectivity index (χ4v) is 3.04. The smallest absolute Gasteiger partial charge is 1.00 e. The molecule has 1 aliphatic carbocycles. The van der Waals surface area contributed by atoms with E-state index >= 15 is 0 Å². The fourth-order valence-electron chi connectivity index (χ4n) is 3.04. The Labute approximate surface area is 166 Å². The van der Waals surface area contributed by atoms with Gasteiger partial charge in [0.25, 0.3) is 0 Å². The van der Waals surface area contributed by atoms with Gasteiger partial charge in [0.1, 0.15) is 11.4 Å². The molecule has 8 nitrogen and oxygen atoms in total. The first kappa shape index (κ1) is 20.5. The second-order valence-electron chi connectivity index (χ2n) is 7.57. The van der Waals surface area contributed by atoms with Gasteiger partial charge >= 0.3 is 30.9 Å². The number of hydrogen-bond acceptors (Lipinski definition) is 6. The Hall–Kier alpha value is -1.78. The molecule has 1 aromatic heterocycles. The summed E-state index contributed by atoms with van der Waals surface area (Å²) in [5.74, 6) is -0.462. The van der Waals surface area contributed by atoms with Gasteiger partial charge in [-0.2, -0.15) is 0 Å². The maximum Gasteiger partial charge on any atom is 1.00 e. The first-order valence-electron chi connectivity index (χ1n) is 8.56. The Morgan fingerprint density at radius 3 is 2.42 bits per heavy atom. The SMILES string of the molecule is CC(C)(C)OC(=O)N(C1CC1)C1CCN(c2cnc(C(=O)O)cn2)C1.[H-].[Li+]. The number of carboxylic acids is 1. The van der Waals surface area contributed by atoms with E-state index in [2.05, 4.69) is 9.97 Å². The molecule has 2 fully saturated rings. The summed E-state index contributed by atoms with van der Waals surface area (Å²) in [4.78, 5) is 35.5. The van der Waals surface area contributed by atoms with Crippen molar-refractivity contribution in [1.82, 2.24) is 14.9 Å². The molecule has 2 heterocycles. The number of rotatable bonds is 4. The third-order valence-corrected chi connectivity index (χ3v) is 4.28. The Balaban J connectivity index is 0.00000182. The molecule has 1 atom stereocenters. The second kappa shape index (κ2) is 7.85. The standard InChI is InChI=1S/C17H24N4O4.Li.H/c1-17(2,3)25-16(24)21(11-4-5-11)12-6-7-20(10-12)14-9-18-13(8-19-14)15(22)23;;/h8-9,11-12H,4-7,10H2,1-3H3,(H,22,23);;/q;+1;-1. The van der Waals surface area contributed by atoms with Crippen LogP contribution in [-0.2, 0) is 4.74 Å². The molecule has 26 heavy (non-hydrogen) atoms. The molecule has 1 saturated heterocycles. The Kier molecular flexibility index (Phi) is 6.20. The number of anilines is 1. The zero-order chi connectivity index (χ0) is 18.2. The first-order valence-corrected chi connectivity index (χ1v) is 8.56. The summed E-state index contributed by atoms with van der Waals surface area (Å²) in [6.45, 7) is 7.01. The van der Waals surface area contributed by atoms with Crippen LogP contribution in [0.2, 0.25) is 0 Å². The third-order valence-electron chi connectivity index (χ3n) is 4.28. The normalized spacial score (nSPS) is 19.7. The summed E-state index contributed by atoms with van der Waals surface area (Å²) < 4.78 is 5.57. The molecular formula is C17H25LiN4O4. The number of carboxylic acid groups (broad SMARTS) is 1. The minimum atomic E-state index is -1.09. The number of ether oxygens (including phenoxy) is 1. The van der Waals surface area contributed by atoms with Crippen LogP contribution in [0.5, 0.6) is 0 Å². The molecule has 1 aliphatic heterocycles. The van der Waals surface area contributed by atoms with E-state index in [1.54, 1.807) is 0 Å². The van der Waals surface area contributed by atoms with Gasteiger partial charge in [-0.15, -0.1) is 0 Å². The number of aromatic nitrogens is 2. The van der Waals surface area contributed by atoms with Crippen LogP contribution in [0.25, 0.3) is 0 Å². The maximum atomic E-state index is 12.6. The van der Waals surface area contributed by atoms with Crippen LogP contribution >= 0.6 is 0 Å². The van der Waals surface area contributed by atoms with Crippen molar-refractivity contribution in [3.63, 3.8) is 0 Å². The molecule has 0 bridgehead atoms. The molecule has 138 valence electrons. The number of hydrogen-bond donors (Lipinski definition) is 1. The van der Waals surface area contributed by atoms with E-state index in [0.29, 0.717) is 12.4 Å². The number of carbonyl (C=O) groups is 2. The minimum absolute atomic E-state index is 0. The Morgan fingerprint density at radius 1 is 1.23 bits per heavy atom. The number of aromatic carboxylic acids is 1. The predicted molar refractivity (Wildman–Crippen MR) is 91.8 cm³/mol. The van der Waals surface area contributed by atoms with E-state index in [0.717, 1.165) is 25.8 Å². The molecule has 0 spiro atoms. The third kappa shape index (κ3) is 4.89.